The number of nitrogens with zero attached hydrogens (tertiary/aromatic N) is 3. The Bertz CT molecular complexity index is 1170. The summed E-state index contributed by atoms with van der Waals surface area (Å²) in [7, 11) is 1.63. The Morgan fingerprint density at radius 3 is 2.62 bits per heavy atom. The first kappa shape index (κ1) is 21.9. The zero-order valence-corrected chi connectivity index (χ0v) is 19.3. The molecule has 0 aliphatic carbocycles. The number of para-hydroxylation sites is 2. The summed E-state index contributed by atoms with van der Waals surface area (Å²) in [4.78, 5) is 13.5. The molecule has 0 saturated carbocycles. The highest BCUT2D eigenvalue weighted by Crippen LogP contribution is 2.34. The van der Waals surface area contributed by atoms with E-state index in [0.717, 1.165) is 16.3 Å². The van der Waals surface area contributed by atoms with Crippen LogP contribution in [0.25, 0.3) is 16.4 Å². The molecule has 4 rings (SSSR count). The highest BCUT2D eigenvalue weighted by Gasteiger charge is 2.20. The number of thioether (sulfide) groups is 1. The minimum Gasteiger partial charge on any atom is -0.495 e. The first-order valence-electron chi connectivity index (χ1n) is 9.97. The van der Waals surface area contributed by atoms with E-state index in [0.29, 0.717) is 29.0 Å². The average molecular weight is 467 g/mol. The van der Waals surface area contributed by atoms with Crippen LogP contribution in [-0.2, 0) is 4.79 Å². The van der Waals surface area contributed by atoms with Crippen LogP contribution < -0.4 is 14.8 Å². The molecular weight excluding hydrogens is 444 g/mol. The first-order chi connectivity index (χ1) is 15.7. The van der Waals surface area contributed by atoms with Gasteiger partial charge in [0, 0.05) is 5.69 Å². The summed E-state index contributed by atoms with van der Waals surface area (Å²) in [5.74, 6) is 2.23. The van der Waals surface area contributed by atoms with E-state index in [1.807, 2.05) is 77.5 Å². The molecule has 9 heteroatoms. The van der Waals surface area contributed by atoms with Crippen LogP contribution in [0.5, 0.6) is 11.5 Å². The third kappa shape index (κ3) is 4.95. The Hall–Kier alpha value is -3.30. The summed E-state index contributed by atoms with van der Waals surface area (Å²) in [6, 6.07) is 18.9. The molecule has 0 atom stereocenters. The summed E-state index contributed by atoms with van der Waals surface area (Å²) >= 11 is 2.90. The van der Waals surface area contributed by atoms with Crippen LogP contribution in [0.3, 0.4) is 0 Å². The summed E-state index contributed by atoms with van der Waals surface area (Å²) in [5, 5.41) is 14.3. The van der Waals surface area contributed by atoms with E-state index in [4.69, 9.17) is 9.47 Å². The number of thiophene rings is 1. The average Bonchev–Trinajstić information content (AvgIpc) is 3.49. The smallest absolute Gasteiger partial charge is 0.234 e. The number of carbonyl (C=O) groups excluding carboxylic acids is 1. The fourth-order valence-electron chi connectivity index (χ4n) is 3.09. The summed E-state index contributed by atoms with van der Waals surface area (Å²) in [5.41, 5.74) is 1.53. The summed E-state index contributed by atoms with van der Waals surface area (Å²) < 4.78 is 12.9. The number of benzene rings is 2. The van der Waals surface area contributed by atoms with Crippen molar-refractivity contribution >= 4 is 34.7 Å². The molecule has 1 amide bonds. The van der Waals surface area contributed by atoms with Crippen LogP contribution in [0.15, 0.2) is 71.2 Å². The van der Waals surface area contributed by atoms with E-state index < -0.39 is 0 Å². The van der Waals surface area contributed by atoms with E-state index in [9.17, 15) is 4.79 Å². The lowest BCUT2D eigenvalue weighted by Crippen LogP contribution is -2.14. The number of amides is 1. The number of anilines is 1. The lowest BCUT2D eigenvalue weighted by molar-refractivity contribution is -0.113. The maximum atomic E-state index is 12.6. The Morgan fingerprint density at radius 2 is 1.91 bits per heavy atom. The predicted octanol–water partition coefficient (Wildman–Crippen LogP) is 5.13. The van der Waals surface area contributed by atoms with Gasteiger partial charge >= 0.3 is 0 Å². The molecule has 164 valence electrons. The van der Waals surface area contributed by atoms with Crippen molar-refractivity contribution in [3.8, 4) is 27.9 Å². The molecule has 0 radical (unpaired) electrons. The number of rotatable bonds is 9. The van der Waals surface area contributed by atoms with Crippen molar-refractivity contribution < 1.29 is 14.3 Å². The van der Waals surface area contributed by atoms with Gasteiger partial charge in [0.05, 0.1) is 30.0 Å². The number of aromatic nitrogens is 3. The predicted molar refractivity (Wildman–Crippen MR) is 128 cm³/mol. The molecule has 2 aromatic carbocycles. The normalized spacial score (nSPS) is 10.7. The second-order valence-corrected chi connectivity index (χ2v) is 8.48. The van der Waals surface area contributed by atoms with Crippen LogP contribution in [-0.4, -0.2) is 40.1 Å². The number of carbonyl (C=O) groups is 1. The van der Waals surface area contributed by atoms with Crippen LogP contribution in [0.1, 0.15) is 6.92 Å². The van der Waals surface area contributed by atoms with Gasteiger partial charge in [-0.05, 0) is 54.8 Å². The van der Waals surface area contributed by atoms with Crippen molar-refractivity contribution in [2.75, 3.05) is 24.8 Å². The Kier molecular flexibility index (Phi) is 7.08. The second kappa shape index (κ2) is 10.3. The monoisotopic (exact) mass is 466 g/mol. The lowest BCUT2D eigenvalue weighted by atomic mass is 10.3. The maximum absolute atomic E-state index is 12.6. The zero-order valence-electron chi connectivity index (χ0n) is 17.6. The second-order valence-electron chi connectivity index (χ2n) is 6.58. The number of hydrogen-bond acceptors (Lipinski definition) is 7. The molecule has 0 bridgehead atoms. The van der Waals surface area contributed by atoms with E-state index >= 15 is 0 Å². The number of ether oxygens (including phenoxy) is 2. The van der Waals surface area contributed by atoms with Crippen LogP contribution in [0, 0.1) is 0 Å². The van der Waals surface area contributed by atoms with Gasteiger partial charge in [-0.3, -0.25) is 9.36 Å². The molecular formula is C23H22N4O3S2. The molecule has 2 heterocycles. The van der Waals surface area contributed by atoms with Gasteiger partial charge in [-0.25, -0.2) is 0 Å². The van der Waals surface area contributed by atoms with Crippen molar-refractivity contribution in [1.82, 2.24) is 14.8 Å². The van der Waals surface area contributed by atoms with Crippen molar-refractivity contribution in [2.45, 2.75) is 12.1 Å². The topological polar surface area (TPSA) is 78.3 Å². The van der Waals surface area contributed by atoms with Crippen molar-refractivity contribution in [3.63, 3.8) is 0 Å². The molecule has 0 fully saturated rings. The van der Waals surface area contributed by atoms with Gasteiger partial charge in [0.1, 0.15) is 11.5 Å². The molecule has 0 saturated heterocycles. The standard InChI is InChI=1S/C23H22N4O3S2/c1-3-30-17-12-10-16(11-13-17)24-21(28)15-32-23-26-25-22(20-9-6-14-31-20)27(23)18-7-4-5-8-19(18)29-2/h4-14H,3,15H2,1-2H3,(H,24,28). The molecule has 0 unspecified atom stereocenters. The molecule has 1 N–H and O–H groups in total. The van der Waals surface area contributed by atoms with Gasteiger partial charge in [-0.2, -0.15) is 0 Å². The van der Waals surface area contributed by atoms with E-state index in [-0.39, 0.29) is 11.7 Å². The Morgan fingerprint density at radius 1 is 1.09 bits per heavy atom. The van der Waals surface area contributed by atoms with Crippen molar-refractivity contribution in [1.29, 1.82) is 0 Å². The fraction of sp³-hybridized carbons (Fsp3) is 0.174. The molecule has 4 aromatic rings. The van der Waals surface area contributed by atoms with E-state index in [2.05, 4.69) is 15.5 Å². The Balaban J connectivity index is 1.54. The summed E-state index contributed by atoms with van der Waals surface area (Å²) in [6.45, 7) is 2.53. The van der Waals surface area contributed by atoms with Crippen LogP contribution in [0.2, 0.25) is 0 Å². The van der Waals surface area contributed by atoms with Gasteiger partial charge in [0.25, 0.3) is 0 Å². The van der Waals surface area contributed by atoms with Gasteiger partial charge in [0.15, 0.2) is 11.0 Å². The lowest BCUT2D eigenvalue weighted by Gasteiger charge is -2.13. The molecule has 2 aromatic heterocycles. The minimum absolute atomic E-state index is 0.133. The van der Waals surface area contributed by atoms with Gasteiger partial charge < -0.3 is 14.8 Å². The molecule has 0 spiro atoms. The highest BCUT2D eigenvalue weighted by atomic mass is 32.2. The van der Waals surface area contributed by atoms with Crippen LogP contribution in [0.4, 0.5) is 5.69 Å². The molecule has 0 aliphatic rings. The maximum Gasteiger partial charge on any atom is 0.234 e. The quantitative estimate of drug-likeness (QED) is 0.345. The third-order valence-corrected chi connectivity index (χ3v) is 6.28. The minimum atomic E-state index is -0.133. The summed E-state index contributed by atoms with van der Waals surface area (Å²) in [6.07, 6.45) is 0. The number of methoxy groups -OCH3 is 1. The fourth-order valence-corrected chi connectivity index (χ4v) is 4.53. The first-order valence-corrected chi connectivity index (χ1v) is 11.8. The number of hydrogen-bond donors (Lipinski definition) is 1. The van der Waals surface area contributed by atoms with Crippen molar-refractivity contribution in [2.24, 2.45) is 0 Å². The van der Waals surface area contributed by atoms with Gasteiger partial charge in [0.2, 0.25) is 5.91 Å². The Labute approximate surface area is 194 Å². The van der Waals surface area contributed by atoms with E-state index in [1.165, 1.54) is 11.8 Å². The van der Waals surface area contributed by atoms with Crippen molar-refractivity contribution in [3.05, 3.63) is 66.0 Å². The van der Waals surface area contributed by atoms with Gasteiger partial charge in [-0.1, -0.05) is 30.0 Å². The largest absolute Gasteiger partial charge is 0.495 e. The molecule has 7 nitrogen and oxygen atoms in total. The number of nitrogens with one attached hydrogen (secondary N) is 1. The zero-order chi connectivity index (χ0) is 22.3. The highest BCUT2D eigenvalue weighted by molar-refractivity contribution is 7.99. The van der Waals surface area contributed by atoms with E-state index in [1.54, 1.807) is 18.4 Å². The molecule has 32 heavy (non-hydrogen) atoms. The van der Waals surface area contributed by atoms with Gasteiger partial charge in [-0.15, -0.1) is 21.5 Å². The van der Waals surface area contributed by atoms with Crippen LogP contribution >= 0.6 is 23.1 Å². The molecule has 0 aliphatic heterocycles. The third-order valence-electron chi connectivity index (χ3n) is 4.48. The SMILES string of the molecule is CCOc1ccc(NC(=O)CSc2nnc(-c3cccs3)n2-c2ccccc2OC)cc1.